The van der Waals surface area contributed by atoms with Gasteiger partial charge in [-0.05, 0) is 0 Å². The summed E-state index contributed by atoms with van der Waals surface area (Å²) in [5.41, 5.74) is 2.89. The molecule has 0 fully saturated rings. The minimum Gasteiger partial charge on any atom is -0.444 e. The zero-order chi connectivity index (χ0) is 10.5. The van der Waals surface area contributed by atoms with Crippen molar-refractivity contribution in [3.63, 3.8) is 0 Å². The maximum Gasteiger partial charge on any atom is 0.208 e. The normalized spacial score (nSPS) is 10.7. The number of hydrogen-bond acceptors (Lipinski definition) is 5. The Kier molecular flexibility index (Phi) is 3.47. The summed E-state index contributed by atoms with van der Waals surface area (Å²) >= 11 is 1.60. The summed E-state index contributed by atoms with van der Waals surface area (Å²) in [7, 11) is 0. The van der Waals surface area contributed by atoms with Gasteiger partial charge in [-0.15, -0.1) is 11.3 Å². The number of rotatable bonds is 5. The molecule has 2 heterocycles. The van der Waals surface area contributed by atoms with Crippen molar-refractivity contribution in [3.05, 3.63) is 34.4 Å². The van der Waals surface area contributed by atoms with E-state index in [0.29, 0.717) is 6.54 Å². The van der Waals surface area contributed by atoms with E-state index >= 15 is 0 Å². The molecule has 0 spiro atoms. The second-order valence-electron chi connectivity index (χ2n) is 3.16. The van der Waals surface area contributed by atoms with E-state index in [1.165, 1.54) is 0 Å². The lowest BCUT2D eigenvalue weighted by molar-refractivity contribution is 0.438. The number of hydrogen-bond donors (Lipinski definition) is 1. The van der Waals surface area contributed by atoms with Gasteiger partial charge in [0.05, 0.1) is 23.9 Å². The van der Waals surface area contributed by atoms with E-state index in [2.05, 4.69) is 15.3 Å². The fourth-order valence-electron chi connectivity index (χ4n) is 1.22. The second kappa shape index (κ2) is 5.04. The van der Waals surface area contributed by atoms with Gasteiger partial charge in [0.1, 0.15) is 5.76 Å². The Morgan fingerprint density at radius 2 is 2.33 bits per heavy atom. The minimum absolute atomic E-state index is 0.650. The fraction of sp³-hybridized carbons (Fsp3) is 0.400. The van der Waals surface area contributed by atoms with Crippen molar-refractivity contribution in [2.45, 2.75) is 26.4 Å². The van der Waals surface area contributed by atoms with Crippen molar-refractivity contribution in [3.8, 4) is 0 Å². The largest absolute Gasteiger partial charge is 0.444 e. The summed E-state index contributed by atoms with van der Waals surface area (Å²) in [6, 6.07) is 0. The van der Waals surface area contributed by atoms with E-state index in [4.69, 9.17) is 4.42 Å². The zero-order valence-electron chi connectivity index (χ0n) is 8.56. The monoisotopic (exact) mass is 223 g/mol. The predicted octanol–water partition coefficient (Wildman–Crippen LogP) is 1.98. The summed E-state index contributed by atoms with van der Waals surface area (Å²) < 4.78 is 5.46. The van der Waals surface area contributed by atoms with Crippen molar-refractivity contribution in [2.24, 2.45) is 0 Å². The molecule has 0 radical (unpaired) electrons. The number of nitrogens with zero attached hydrogens (tertiary/aromatic N) is 2. The highest BCUT2D eigenvalue weighted by molar-refractivity contribution is 7.07. The summed E-state index contributed by atoms with van der Waals surface area (Å²) in [6.45, 7) is 3.46. The summed E-state index contributed by atoms with van der Waals surface area (Å²) in [4.78, 5) is 8.33. The van der Waals surface area contributed by atoms with E-state index in [1.54, 1.807) is 17.5 Å². The van der Waals surface area contributed by atoms with Crippen LogP contribution in [-0.2, 0) is 19.5 Å². The van der Waals surface area contributed by atoms with Gasteiger partial charge in [0, 0.05) is 18.3 Å². The number of aryl methyl sites for hydroxylation is 1. The second-order valence-corrected chi connectivity index (χ2v) is 3.88. The summed E-state index contributed by atoms with van der Waals surface area (Å²) in [5.74, 6) is 1.67. The molecule has 4 nitrogen and oxygen atoms in total. The van der Waals surface area contributed by atoms with Crippen LogP contribution in [0.4, 0.5) is 0 Å². The van der Waals surface area contributed by atoms with E-state index < -0.39 is 0 Å². The lowest BCUT2D eigenvalue weighted by Gasteiger charge is -1.98. The first-order chi connectivity index (χ1) is 7.38. The third-order valence-electron chi connectivity index (χ3n) is 2.02. The van der Waals surface area contributed by atoms with Crippen LogP contribution in [0, 0.1) is 0 Å². The topological polar surface area (TPSA) is 51.0 Å². The highest BCUT2D eigenvalue weighted by atomic mass is 32.1. The third-order valence-corrected chi connectivity index (χ3v) is 2.65. The molecule has 0 saturated carbocycles. The standard InChI is InChI=1S/C10H13N3OS/c1-2-9-4-12-10(14-9)5-11-3-8-6-15-7-13-8/h4,6-7,11H,2-3,5H2,1H3. The van der Waals surface area contributed by atoms with Crippen molar-refractivity contribution in [2.75, 3.05) is 0 Å². The van der Waals surface area contributed by atoms with Gasteiger partial charge in [-0.2, -0.15) is 0 Å². The molecule has 0 aromatic carbocycles. The van der Waals surface area contributed by atoms with Gasteiger partial charge in [-0.25, -0.2) is 9.97 Å². The molecule has 5 heteroatoms. The molecule has 0 saturated heterocycles. The van der Waals surface area contributed by atoms with Crippen LogP contribution in [0.3, 0.4) is 0 Å². The van der Waals surface area contributed by atoms with Gasteiger partial charge < -0.3 is 9.73 Å². The van der Waals surface area contributed by atoms with Gasteiger partial charge in [-0.1, -0.05) is 6.92 Å². The van der Waals surface area contributed by atoms with Crippen LogP contribution in [0.15, 0.2) is 21.5 Å². The van der Waals surface area contributed by atoms with Gasteiger partial charge in [-0.3, -0.25) is 0 Å². The number of nitrogens with one attached hydrogen (secondary N) is 1. The molecule has 2 rings (SSSR count). The molecule has 15 heavy (non-hydrogen) atoms. The Morgan fingerprint density at radius 3 is 3.00 bits per heavy atom. The quantitative estimate of drug-likeness (QED) is 0.842. The Morgan fingerprint density at radius 1 is 1.40 bits per heavy atom. The molecule has 0 unspecified atom stereocenters. The minimum atomic E-state index is 0.650. The molecule has 0 amide bonds. The molecule has 0 aliphatic heterocycles. The molecule has 0 bridgehead atoms. The first kappa shape index (κ1) is 10.3. The van der Waals surface area contributed by atoms with Crippen LogP contribution in [0.25, 0.3) is 0 Å². The fourth-order valence-corrected chi connectivity index (χ4v) is 1.77. The molecule has 0 aliphatic rings. The molecule has 2 aromatic heterocycles. The van der Waals surface area contributed by atoms with Crippen molar-refractivity contribution in [1.29, 1.82) is 0 Å². The van der Waals surface area contributed by atoms with E-state index in [1.807, 2.05) is 17.8 Å². The van der Waals surface area contributed by atoms with Crippen LogP contribution in [0.2, 0.25) is 0 Å². The molecule has 1 N–H and O–H groups in total. The van der Waals surface area contributed by atoms with E-state index in [-0.39, 0.29) is 0 Å². The third kappa shape index (κ3) is 2.87. The van der Waals surface area contributed by atoms with Crippen LogP contribution in [0.5, 0.6) is 0 Å². The van der Waals surface area contributed by atoms with Gasteiger partial charge in [0.15, 0.2) is 0 Å². The molecule has 80 valence electrons. The lowest BCUT2D eigenvalue weighted by Crippen LogP contribution is -2.12. The summed E-state index contributed by atoms with van der Waals surface area (Å²) in [6.07, 6.45) is 2.67. The molecule has 0 atom stereocenters. The van der Waals surface area contributed by atoms with Crippen molar-refractivity contribution < 1.29 is 4.42 Å². The number of thiazole rings is 1. The van der Waals surface area contributed by atoms with Crippen LogP contribution >= 0.6 is 11.3 Å². The van der Waals surface area contributed by atoms with Gasteiger partial charge in [0.25, 0.3) is 0 Å². The number of aromatic nitrogens is 2. The highest BCUT2D eigenvalue weighted by Crippen LogP contribution is 2.04. The van der Waals surface area contributed by atoms with Crippen molar-refractivity contribution >= 4 is 11.3 Å². The smallest absolute Gasteiger partial charge is 0.208 e. The lowest BCUT2D eigenvalue weighted by atomic mass is 10.4. The Hall–Kier alpha value is -1.20. The SMILES string of the molecule is CCc1cnc(CNCc2cscn2)o1. The van der Waals surface area contributed by atoms with Crippen LogP contribution < -0.4 is 5.32 Å². The average Bonchev–Trinajstić information content (AvgIpc) is 2.88. The maximum atomic E-state index is 5.46. The van der Waals surface area contributed by atoms with Gasteiger partial charge in [0.2, 0.25) is 5.89 Å². The predicted molar refractivity (Wildman–Crippen MR) is 58.5 cm³/mol. The van der Waals surface area contributed by atoms with E-state index in [9.17, 15) is 0 Å². The first-order valence-corrected chi connectivity index (χ1v) is 5.84. The highest BCUT2D eigenvalue weighted by Gasteiger charge is 2.01. The van der Waals surface area contributed by atoms with Crippen LogP contribution in [0.1, 0.15) is 24.3 Å². The molecular formula is C10H13N3OS. The first-order valence-electron chi connectivity index (χ1n) is 4.90. The zero-order valence-corrected chi connectivity index (χ0v) is 9.38. The van der Waals surface area contributed by atoms with E-state index in [0.717, 1.165) is 30.3 Å². The van der Waals surface area contributed by atoms with Crippen LogP contribution in [-0.4, -0.2) is 9.97 Å². The number of oxazole rings is 1. The Balaban J connectivity index is 1.78. The molecule has 0 aliphatic carbocycles. The maximum absolute atomic E-state index is 5.46. The molecule has 2 aromatic rings. The Labute approximate surface area is 92.4 Å². The molecular weight excluding hydrogens is 210 g/mol. The Bertz CT molecular complexity index is 396. The summed E-state index contributed by atoms with van der Waals surface area (Å²) in [5, 5.41) is 5.26. The van der Waals surface area contributed by atoms with Crippen molar-refractivity contribution in [1.82, 2.24) is 15.3 Å². The average molecular weight is 223 g/mol. The van der Waals surface area contributed by atoms with Gasteiger partial charge >= 0.3 is 0 Å².